The normalized spacial score (nSPS) is 21.2. The lowest BCUT2D eigenvalue weighted by Gasteiger charge is -2.33. The highest BCUT2D eigenvalue weighted by Gasteiger charge is 2.34. The maximum Gasteiger partial charge on any atom is 0.401 e. The van der Waals surface area contributed by atoms with Crippen molar-refractivity contribution in [3.63, 3.8) is 0 Å². The van der Waals surface area contributed by atoms with Crippen molar-refractivity contribution in [3.05, 3.63) is 12.4 Å². The Hall–Kier alpha value is -1.13. The minimum absolute atomic E-state index is 0.0299. The SMILES string of the molecule is CCn1cc(S(=O)(=O)NC2CCCN(CC(F)(F)F)C2)cn1. The number of likely N-dealkylation sites (tertiary alicyclic amines) is 1. The Morgan fingerprint density at radius 2 is 2.18 bits per heavy atom. The van der Waals surface area contributed by atoms with E-state index < -0.39 is 28.8 Å². The molecule has 2 heterocycles. The lowest BCUT2D eigenvalue weighted by molar-refractivity contribution is -0.148. The van der Waals surface area contributed by atoms with E-state index >= 15 is 0 Å². The van der Waals surface area contributed by atoms with Crippen LogP contribution in [-0.4, -0.2) is 55.0 Å². The van der Waals surface area contributed by atoms with Crippen LogP contribution in [0.1, 0.15) is 19.8 Å². The summed E-state index contributed by atoms with van der Waals surface area (Å²) in [6, 6.07) is -0.522. The summed E-state index contributed by atoms with van der Waals surface area (Å²) in [4.78, 5) is 1.26. The van der Waals surface area contributed by atoms with E-state index in [1.165, 1.54) is 22.0 Å². The molecule has 0 radical (unpaired) electrons. The number of rotatable bonds is 5. The van der Waals surface area contributed by atoms with Gasteiger partial charge < -0.3 is 0 Å². The predicted octanol–water partition coefficient (Wildman–Crippen LogP) is 1.21. The summed E-state index contributed by atoms with van der Waals surface area (Å²) >= 11 is 0. The van der Waals surface area contributed by atoms with Crippen molar-refractivity contribution >= 4 is 10.0 Å². The van der Waals surface area contributed by atoms with Crippen molar-refractivity contribution in [2.75, 3.05) is 19.6 Å². The van der Waals surface area contributed by atoms with E-state index in [1.807, 2.05) is 6.92 Å². The lowest BCUT2D eigenvalue weighted by atomic mass is 10.1. The molecule has 0 spiro atoms. The minimum Gasteiger partial charge on any atom is -0.293 e. The molecular weight excluding hydrogens is 321 g/mol. The first-order valence-electron chi connectivity index (χ1n) is 7.03. The van der Waals surface area contributed by atoms with Gasteiger partial charge in [0.15, 0.2) is 0 Å². The number of nitrogens with zero attached hydrogens (tertiary/aromatic N) is 3. The second kappa shape index (κ2) is 6.55. The number of sulfonamides is 1. The Kier molecular flexibility index (Phi) is 5.13. The number of aromatic nitrogens is 2. The first kappa shape index (κ1) is 17.2. The van der Waals surface area contributed by atoms with E-state index in [4.69, 9.17) is 0 Å². The standard InChI is InChI=1S/C12H19F3N4O2S/c1-2-19-8-11(6-16-19)22(20,21)17-10-4-3-5-18(7-10)9-12(13,14)15/h6,8,10,17H,2-5,7,9H2,1H3. The Morgan fingerprint density at radius 3 is 2.77 bits per heavy atom. The maximum atomic E-state index is 12.4. The van der Waals surface area contributed by atoms with E-state index in [0.717, 1.165) is 0 Å². The number of hydrogen-bond donors (Lipinski definition) is 1. The van der Waals surface area contributed by atoms with Crippen molar-refractivity contribution in [3.8, 4) is 0 Å². The van der Waals surface area contributed by atoms with Crippen molar-refractivity contribution < 1.29 is 21.6 Å². The average Bonchev–Trinajstić information content (AvgIpc) is 2.86. The van der Waals surface area contributed by atoms with Crippen LogP contribution >= 0.6 is 0 Å². The van der Waals surface area contributed by atoms with Gasteiger partial charge in [0.25, 0.3) is 0 Å². The van der Waals surface area contributed by atoms with Crippen molar-refractivity contribution in [2.45, 2.75) is 43.4 Å². The molecule has 1 fully saturated rings. The van der Waals surface area contributed by atoms with Crippen LogP contribution in [0.4, 0.5) is 13.2 Å². The molecule has 1 atom stereocenters. The van der Waals surface area contributed by atoms with Gasteiger partial charge >= 0.3 is 6.18 Å². The van der Waals surface area contributed by atoms with Gasteiger partial charge in [0.05, 0.1) is 12.7 Å². The van der Waals surface area contributed by atoms with Gasteiger partial charge in [-0.3, -0.25) is 9.58 Å². The Morgan fingerprint density at radius 1 is 1.45 bits per heavy atom. The molecule has 1 N–H and O–H groups in total. The van der Waals surface area contributed by atoms with Crippen LogP contribution in [0, 0.1) is 0 Å². The zero-order valence-electron chi connectivity index (χ0n) is 12.2. The van der Waals surface area contributed by atoms with Gasteiger partial charge in [-0.25, -0.2) is 13.1 Å². The highest BCUT2D eigenvalue weighted by Crippen LogP contribution is 2.20. The Balaban J connectivity index is 2.00. The molecule has 1 aliphatic rings. The van der Waals surface area contributed by atoms with Gasteiger partial charge in [0.1, 0.15) is 4.90 Å². The molecule has 0 bridgehead atoms. The molecule has 1 aromatic heterocycles. The van der Waals surface area contributed by atoms with Crippen LogP contribution in [-0.2, 0) is 16.6 Å². The summed E-state index contributed by atoms with van der Waals surface area (Å²) < 4.78 is 65.6. The van der Waals surface area contributed by atoms with Crippen LogP contribution in [0.2, 0.25) is 0 Å². The highest BCUT2D eigenvalue weighted by atomic mass is 32.2. The van der Waals surface area contributed by atoms with Gasteiger partial charge in [-0.05, 0) is 26.3 Å². The van der Waals surface area contributed by atoms with Crippen molar-refractivity contribution in [2.24, 2.45) is 0 Å². The fraction of sp³-hybridized carbons (Fsp3) is 0.750. The smallest absolute Gasteiger partial charge is 0.293 e. The number of piperidine rings is 1. The molecule has 6 nitrogen and oxygen atoms in total. The second-order valence-electron chi connectivity index (χ2n) is 5.34. The molecule has 1 aromatic rings. The number of halogens is 3. The third kappa shape index (κ3) is 4.68. The molecular formula is C12H19F3N4O2S. The second-order valence-corrected chi connectivity index (χ2v) is 7.06. The number of hydrogen-bond acceptors (Lipinski definition) is 4. The fourth-order valence-corrected chi connectivity index (χ4v) is 3.71. The lowest BCUT2D eigenvalue weighted by Crippen LogP contribution is -2.49. The monoisotopic (exact) mass is 340 g/mol. The van der Waals surface area contributed by atoms with E-state index in [0.29, 0.717) is 25.9 Å². The maximum absolute atomic E-state index is 12.4. The molecule has 10 heteroatoms. The zero-order valence-corrected chi connectivity index (χ0v) is 13.0. The molecule has 1 saturated heterocycles. The molecule has 0 aromatic carbocycles. The van der Waals surface area contributed by atoms with Crippen LogP contribution in [0.5, 0.6) is 0 Å². The van der Waals surface area contributed by atoms with Gasteiger partial charge in [0, 0.05) is 25.3 Å². The quantitative estimate of drug-likeness (QED) is 0.875. The topological polar surface area (TPSA) is 67.2 Å². The van der Waals surface area contributed by atoms with E-state index in [1.54, 1.807) is 0 Å². The van der Waals surface area contributed by atoms with Crippen LogP contribution < -0.4 is 4.72 Å². The van der Waals surface area contributed by atoms with Crippen LogP contribution in [0.15, 0.2) is 17.3 Å². The molecule has 126 valence electrons. The summed E-state index contributed by atoms with van der Waals surface area (Å²) in [5.41, 5.74) is 0. The summed E-state index contributed by atoms with van der Waals surface area (Å²) in [5, 5.41) is 3.90. The largest absolute Gasteiger partial charge is 0.401 e. The molecule has 0 saturated carbocycles. The zero-order chi connectivity index (χ0) is 16.4. The van der Waals surface area contributed by atoms with Crippen LogP contribution in [0.3, 0.4) is 0 Å². The van der Waals surface area contributed by atoms with E-state index in [-0.39, 0.29) is 11.4 Å². The molecule has 0 amide bonds. The van der Waals surface area contributed by atoms with E-state index in [9.17, 15) is 21.6 Å². The Labute approximate surface area is 127 Å². The fourth-order valence-electron chi connectivity index (χ4n) is 2.49. The molecule has 22 heavy (non-hydrogen) atoms. The summed E-state index contributed by atoms with van der Waals surface area (Å²) in [6.45, 7) is 1.73. The molecule has 2 rings (SSSR count). The third-order valence-electron chi connectivity index (χ3n) is 3.47. The first-order valence-corrected chi connectivity index (χ1v) is 8.52. The van der Waals surface area contributed by atoms with Crippen molar-refractivity contribution in [1.82, 2.24) is 19.4 Å². The minimum atomic E-state index is -4.27. The Bertz CT molecular complexity index is 600. The van der Waals surface area contributed by atoms with Gasteiger partial charge in [-0.1, -0.05) is 0 Å². The summed E-state index contributed by atoms with van der Waals surface area (Å²) in [7, 11) is -3.76. The molecule has 0 aliphatic carbocycles. The number of alkyl halides is 3. The van der Waals surface area contributed by atoms with Gasteiger partial charge in [-0.15, -0.1) is 0 Å². The summed E-state index contributed by atoms with van der Waals surface area (Å²) in [5.74, 6) is 0. The van der Waals surface area contributed by atoms with Gasteiger partial charge in [0.2, 0.25) is 10.0 Å². The summed E-state index contributed by atoms with van der Waals surface area (Å²) in [6.07, 6.45) is -0.587. The average molecular weight is 340 g/mol. The molecule has 1 unspecified atom stereocenters. The van der Waals surface area contributed by atoms with Crippen LogP contribution in [0.25, 0.3) is 0 Å². The van der Waals surface area contributed by atoms with Crippen molar-refractivity contribution in [1.29, 1.82) is 0 Å². The number of aryl methyl sites for hydroxylation is 1. The molecule has 1 aliphatic heterocycles. The first-order chi connectivity index (χ1) is 10.2. The third-order valence-corrected chi connectivity index (χ3v) is 4.95. The van der Waals surface area contributed by atoms with Gasteiger partial charge in [-0.2, -0.15) is 18.3 Å². The van der Waals surface area contributed by atoms with E-state index in [2.05, 4.69) is 9.82 Å². The highest BCUT2D eigenvalue weighted by molar-refractivity contribution is 7.89. The number of nitrogens with one attached hydrogen (secondary N) is 1. The predicted molar refractivity (Wildman–Crippen MR) is 73.7 cm³/mol.